The topological polar surface area (TPSA) is 88.2 Å². The van der Waals surface area contributed by atoms with Crippen LogP contribution in [0.15, 0.2) is 18.2 Å². The molecule has 0 bridgehead atoms. The van der Waals surface area contributed by atoms with Gasteiger partial charge in [-0.1, -0.05) is 12.8 Å². The second kappa shape index (κ2) is 9.47. The highest BCUT2D eigenvalue weighted by atomic mass is 32.2. The molecule has 0 spiro atoms. The van der Waals surface area contributed by atoms with Crippen LogP contribution in [-0.2, 0) is 14.8 Å². The van der Waals surface area contributed by atoms with Crippen LogP contribution in [0.4, 0.5) is 5.69 Å². The highest BCUT2D eigenvalue weighted by Gasteiger charge is 2.23. The minimum atomic E-state index is -3.61. The molecular formula is C19H29N3O5S. The van der Waals surface area contributed by atoms with Gasteiger partial charge in [-0.3, -0.25) is 9.10 Å². The molecule has 1 N–H and O–H groups in total. The van der Waals surface area contributed by atoms with Crippen LogP contribution in [0.25, 0.3) is 0 Å². The van der Waals surface area contributed by atoms with Crippen molar-refractivity contribution < 1.29 is 22.7 Å². The molecular weight excluding hydrogens is 382 g/mol. The Bertz CT molecular complexity index is 776. The van der Waals surface area contributed by atoms with Gasteiger partial charge in [0.15, 0.2) is 11.5 Å². The molecule has 0 aliphatic carbocycles. The molecule has 2 aliphatic rings. The van der Waals surface area contributed by atoms with Crippen molar-refractivity contribution >= 4 is 21.6 Å². The molecule has 2 heterocycles. The van der Waals surface area contributed by atoms with Crippen LogP contribution in [0, 0.1) is 0 Å². The first-order chi connectivity index (χ1) is 13.4. The summed E-state index contributed by atoms with van der Waals surface area (Å²) in [5, 5.41) is 2.83. The molecule has 2 aliphatic heterocycles. The maximum Gasteiger partial charge on any atom is 0.240 e. The minimum absolute atomic E-state index is 0.106. The standard InChI is InChI=1S/C19H29N3O5S/c1-28(24,25)22(16-7-8-17-18(13-16)27-15-26-17)14-19(23)20-9-6-12-21-10-4-2-3-5-11-21/h7-8,13H,2-6,9-12,14-15H2,1H3,(H,20,23). The fraction of sp³-hybridized carbons (Fsp3) is 0.632. The zero-order valence-corrected chi connectivity index (χ0v) is 17.2. The lowest BCUT2D eigenvalue weighted by Gasteiger charge is -2.22. The molecule has 156 valence electrons. The Morgan fingerprint density at radius 2 is 1.86 bits per heavy atom. The summed E-state index contributed by atoms with van der Waals surface area (Å²) in [6.07, 6.45) is 7.03. The number of hydrogen-bond acceptors (Lipinski definition) is 6. The van der Waals surface area contributed by atoms with E-state index in [-0.39, 0.29) is 19.2 Å². The number of sulfonamides is 1. The molecule has 0 saturated carbocycles. The van der Waals surface area contributed by atoms with E-state index in [0.29, 0.717) is 23.7 Å². The van der Waals surface area contributed by atoms with Crippen molar-refractivity contribution in [2.75, 3.05) is 50.1 Å². The zero-order valence-electron chi connectivity index (χ0n) is 16.4. The number of carbonyl (C=O) groups excluding carboxylic acids is 1. The molecule has 1 aromatic rings. The number of rotatable bonds is 8. The van der Waals surface area contributed by atoms with Crippen molar-refractivity contribution in [1.82, 2.24) is 10.2 Å². The van der Waals surface area contributed by atoms with Gasteiger partial charge in [0.1, 0.15) is 6.54 Å². The molecule has 28 heavy (non-hydrogen) atoms. The third-order valence-electron chi connectivity index (χ3n) is 5.00. The molecule has 0 atom stereocenters. The van der Waals surface area contributed by atoms with Gasteiger partial charge in [0.25, 0.3) is 0 Å². The van der Waals surface area contributed by atoms with Crippen molar-refractivity contribution in [3.8, 4) is 11.5 Å². The smallest absolute Gasteiger partial charge is 0.240 e. The van der Waals surface area contributed by atoms with E-state index in [1.807, 2.05) is 0 Å². The van der Waals surface area contributed by atoms with E-state index >= 15 is 0 Å². The molecule has 0 aromatic heterocycles. The summed E-state index contributed by atoms with van der Waals surface area (Å²) in [5.74, 6) is 0.720. The Balaban J connectivity index is 1.51. The van der Waals surface area contributed by atoms with E-state index in [2.05, 4.69) is 10.2 Å². The summed E-state index contributed by atoms with van der Waals surface area (Å²) >= 11 is 0. The maximum atomic E-state index is 12.3. The summed E-state index contributed by atoms with van der Waals surface area (Å²) in [6, 6.07) is 4.84. The molecule has 1 fully saturated rings. The molecule has 0 unspecified atom stereocenters. The predicted octanol–water partition coefficient (Wildman–Crippen LogP) is 1.56. The minimum Gasteiger partial charge on any atom is -0.454 e. The van der Waals surface area contributed by atoms with Crippen LogP contribution in [0.3, 0.4) is 0 Å². The van der Waals surface area contributed by atoms with Gasteiger partial charge in [-0.05, 0) is 51.0 Å². The fourth-order valence-corrected chi connectivity index (χ4v) is 4.37. The van der Waals surface area contributed by atoms with Crippen molar-refractivity contribution in [3.05, 3.63) is 18.2 Å². The van der Waals surface area contributed by atoms with Gasteiger partial charge >= 0.3 is 0 Å². The van der Waals surface area contributed by atoms with Gasteiger partial charge in [-0.25, -0.2) is 8.42 Å². The number of amides is 1. The van der Waals surface area contributed by atoms with Crippen LogP contribution in [0.1, 0.15) is 32.1 Å². The normalized spacial score (nSPS) is 17.2. The van der Waals surface area contributed by atoms with E-state index < -0.39 is 10.0 Å². The number of ether oxygens (including phenoxy) is 2. The first kappa shape index (κ1) is 20.7. The van der Waals surface area contributed by atoms with Gasteiger partial charge in [-0.15, -0.1) is 0 Å². The summed E-state index contributed by atoms with van der Waals surface area (Å²) < 4.78 is 36.0. The van der Waals surface area contributed by atoms with Gasteiger partial charge in [0, 0.05) is 12.6 Å². The fourth-order valence-electron chi connectivity index (χ4n) is 3.52. The average molecular weight is 412 g/mol. The van der Waals surface area contributed by atoms with Crippen LogP contribution in [-0.4, -0.2) is 65.0 Å². The highest BCUT2D eigenvalue weighted by molar-refractivity contribution is 7.92. The molecule has 8 nitrogen and oxygen atoms in total. The number of nitrogens with one attached hydrogen (secondary N) is 1. The van der Waals surface area contributed by atoms with Crippen molar-refractivity contribution in [3.63, 3.8) is 0 Å². The number of hydrogen-bond donors (Lipinski definition) is 1. The van der Waals surface area contributed by atoms with Gasteiger partial charge in [-0.2, -0.15) is 0 Å². The van der Waals surface area contributed by atoms with Crippen molar-refractivity contribution in [1.29, 1.82) is 0 Å². The van der Waals surface area contributed by atoms with Crippen molar-refractivity contribution in [2.24, 2.45) is 0 Å². The summed E-state index contributed by atoms with van der Waals surface area (Å²) in [6.45, 7) is 3.59. The lowest BCUT2D eigenvalue weighted by atomic mass is 10.2. The van der Waals surface area contributed by atoms with Crippen LogP contribution in [0.2, 0.25) is 0 Å². The van der Waals surface area contributed by atoms with E-state index in [1.54, 1.807) is 18.2 Å². The van der Waals surface area contributed by atoms with Crippen LogP contribution >= 0.6 is 0 Å². The Kier molecular flexibility index (Phi) is 7.01. The molecule has 1 saturated heterocycles. The summed E-state index contributed by atoms with van der Waals surface area (Å²) in [7, 11) is -3.61. The molecule has 3 rings (SSSR count). The number of benzene rings is 1. The Labute approximate surface area is 166 Å². The third kappa shape index (κ3) is 5.75. The van der Waals surface area contributed by atoms with Gasteiger partial charge in [0.2, 0.25) is 22.7 Å². The molecule has 0 radical (unpaired) electrons. The Morgan fingerprint density at radius 1 is 1.14 bits per heavy atom. The second-order valence-corrected chi connectivity index (χ2v) is 9.17. The summed E-state index contributed by atoms with van der Waals surface area (Å²) in [4.78, 5) is 14.8. The predicted molar refractivity (Wildman–Crippen MR) is 107 cm³/mol. The number of fused-ring (bicyclic) bond motifs is 1. The van der Waals surface area contributed by atoms with Gasteiger partial charge < -0.3 is 19.7 Å². The summed E-state index contributed by atoms with van der Waals surface area (Å²) in [5.41, 5.74) is 0.381. The third-order valence-corrected chi connectivity index (χ3v) is 6.14. The van der Waals surface area contributed by atoms with Crippen molar-refractivity contribution in [2.45, 2.75) is 32.1 Å². The number of likely N-dealkylation sites (tertiary alicyclic amines) is 1. The maximum absolute atomic E-state index is 12.3. The Morgan fingerprint density at radius 3 is 2.57 bits per heavy atom. The number of anilines is 1. The number of nitrogens with zero attached hydrogens (tertiary/aromatic N) is 2. The van der Waals surface area contributed by atoms with Gasteiger partial charge in [0.05, 0.1) is 11.9 Å². The highest BCUT2D eigenvalue weighted by Crippen LogP contribution is 2.36. The number of carbonyl (C=O) groups is 1. The first-order valence-electron chi connectivity index (χ1n) is 9.80. The first-order valence-corrected chi connectivity index (χ1v) is 11.6. The van der Waals surface area contributed by atoms with E-state index in [4.69, 9.17) is 9.47 Å². The molecule has 1 amide bonds. The molecule has 9 heteroatoms. The van der Waals surface area contributed by atoms with E-state index in [9.17, 15) is 13.2 Å². The van der Waals surface area contributed by atoms with Crippen LogP contribution < -0.4 is 19.1 Å². The average Bonchev–Trinajstić information content (AvgIpc) is 2.96. The second-order valence-electron chi connectivity index (χ2n) is 7.27. The Hall–Kier alpha value is -2.00. The lowest BCUT2D eigenvalue weighted by molar-refractivity contribution is -0.119. The quantitative estimate of drug-likeness (QED) is 0.653. The largest absolute Gasteiger partial charge is 0.454 e. The SMILES string of the molecule is CS(=O)(=O)N(CC(=O)NCCCN1CCCCCC1)c1ccc2c(c1)OCO2. The monoisotopic (exact) mass is 411 g/mol. The lowest BCUT2D eigenvalue weighted by Crippen LogP contribution is -2.41. The van der Waals surface area contributed by atoms with E-state index in [0.717, 1.165) is 36.6 Å². The van der Waals surface area contributed by atoms with Crippen LogP contribution in [0.5, 0.6) is 11.5 Å². The van der Waals surface area contributed by atoms with E-state index in [1.165, 1.54) is 25.7 Å². The molecule has 1 aromatic carbocycles. The zero-order chi connectivity index (χ0) is 20.0.